The summed E-state index contributed by atoms with van der Waals surface area (Å²) in [4.78, 5) is 28.8. The third-order valence-corrected chi connectivity index (χ3v) is 4.13. The Morgan fingerprint density at radius 1 is 0.760 bits per heavy atom. The maximum Gasteiger partial charge on any atom is 0.426 e. The maximum absolute atomic E-state index is 12.1. The number of nitro benzene ring substituents is 3. The number of hydrogen-bond acceptors (Lipinski definition) is 9. The van der Waals surface area contributed by atoms with Crippen molar-refractivity contribution in [2.75, 3.05) is 0 Å². The summed E-state index contributed by atoms with van der Waals surface area (Å²) in [5.41, 5.74) is -4.07. The molecule has 0 amide bonds. The van der Waals surface area contributed by atoms with Crippen LogP contribution in [0, 0.1) is 30.3 Å². The van der Waals surface area contributed by atoms with Crippen molar-refractivity contribution in [3.8, 4) is 5.75 Å². The lowest BCUT2D eigenvalue weighted by atomic mass is 10.2. The Bertz CT molecular complexity index is 973. The average molecular weight is 369 g/mol. The van der Waals surface area contributed by atoms with Crippen LogP contribution in [-0.2, 0) is 10.1 Å². The monoisotopic (exact) mass is 369 g/mol. The number of rotatable bonds is 6. The van der Waals surface area contributed by atoms with Gasteiger partial charge in [-0.3, -0.25) is 30.3 Å². The molecule has 2 aromatic carbocycles. The molecule has 0 saturated heterocycles. The molecule has 2 aromatic rings. The largest absolute Gasteiger partial charge is 0.426 e. The van der Waals surface area contributed by atoms with Gasteiger partial charge < -0.3 is 4.18 Å². The molecule has 0 saturated carbocycles. The molecule has 0 aliphatic rings. The van der Waals surface area contributed by atoms with Crippen molar-refractivity contribution in [1.29, 1.82) is 0 Å². The third kappa shape index (κ3) is 3.50. The zero-order valence-electron chi connectivity index (χ0n) is 12.0. The van der Waals surface area contributed by atoms with Crippen LogP contribution >= 0.6 is 0 Å². The van der Waals surface area contributed by atoms with Crippen LogP contribution in [-0.4, -0.2) is 23.2 Å². The van der Waals surface area contributed by atoms with Crippen LogP contribution in [0.15, 0.2) is 47.4 Å². The van der Waals surface area contributed by atoms with Gasteiger partial charge in [0.1, 0.15) is 4.90 Å². The van der Waals surface area contributed by atoms with E-state index in [1.165, 1.54) is 18.2 Å². The molecule has 25 heavy (non-hydrogen) atoms. The lowest BCUT2D eigenvalue weighted by Gasteiger charge is -2.07. The van der Waals surface area contributed by atoms with Gasteiger partial charge in [-0.25, -0.2) is 0 Å². The molecular weight excluding hydrogens is 362 g/mol. The van der Waals surface area contributed by atoms with Crippen LogP contribution in [0.5, 0.6) is 5.75 Å². The van der Waals surface area contributed by atoms with Gasteiger partial charge in [-0.2, -0.15) is 8.42 Å². The van der Waals surface area contributed by atoms with Crippen molar-refractivity contribution in [2.45, 2.75) is 4.90 Å². The van der Waals surface area contributed by atoms with Gasteiger partial charge in [-0.1, -0.05) is 18.2 Å². The predicted octanol–water partition coefficient (Wildman–Crippen LogP) is 2.18. The predicted molar refractivity (Wildman–Crippen MR) is 80.7 cm³/mol. The zero-order chi connectivity index (χ0) is 18.8. The summed E-state index contributed by atoms with van der Waals surface area (Å²) < 4.78 is 28.9. The quantitative estimate of drug-likeness (QED) is 0.420. The highest BCUT2D eigenvalue weighted by atomic mass is 32.2. The van der Waals surface area contributed by atoms with Gasteiger partial charge >= 0.3 is 27.2 Å². The first-order chi connectivity index (χ1) is 11.6. The van der Waals surface area contributed by atoms with E-state index in [0.29, 0.717) is 12.1 Å². The van der Waals surface area contributed by atoms with Gasteiger partial charge in [0.2, 0.25) is 5.75 Å². The summed E-state index contributed by atoms with van der Waals surface area (Å²) in [6.07, 6.45) is 0. The molecule has 0 fully saturated rings. The molecule has 12 nitrogen and oxygen atoms in total. The van der Waals surface area contributed by atoms with Crippen LogP contribution in [0.3, 0.4) is 0 Å². The summed E-state index contributed by atoms with van der Waals surface area (Å²) in [6, 6.07) is 7.69. The van der Waals surface area contributed by atoms with Crippen LogP contribution in [0.1, 0.15) is 0 Å². The van der Waals surface area contributed by atoms with Crippen LogP contribution in [0.25, 0.3) is 0 Å². The molecule has 0 atom stereocenters. The lowest BCUT2D eigenvalue weighted by Crippen LogP contribution is -2.12. The smallest absolute Gasteiger partial charge is 0.371 e. The summed E-state index contributed by atoms with van der Waals surface area (Å²) in [5.74, 6) is -1.01. The highest BCUT2D eigenvalue weighted by molar-refractivity contribution is 7.87. The van der Waals surface area contributed by atoms with E-state index in [9.17, 15) is 38.8 Å². The minimum atomic E-state index is -4.54. The fourth-order valence-corrected chi connectivity index (χ4v) is 2.83. The molecule has 0 aliphatic heterocycles. The van der Waals surface area contributed by atoms with E-state index in [1.54, 1.807) is 0 Å². The zero-order valence-corrected chi connectivity index (χ0v) is 12.8. The van der Waals surface area contributed by atoms with Crippen molar-refractivity contribution in [3.63, 3.8) is 0 Å². The standard InChI is InChI=1S/C12H7N3O9S/c16-13(17)9-6-7-10(12(15(20)21)11(9)14(18)19)24-25(22,23)8-4-2-1-3-5-8/h1-7H. The molecular formula is C12H7N3O9S. The second kappa shape index (κ2) is 6.48. The van der Waals surface area contributed by atoms with Crippen molar-refractivity contribution >= 4 is 27.2 Å². The van der Waals surface area contributed by atoms with Gasteiger partial charge in [0.15, 0.2) is 0 Å². The SMILES string of the molecule is O=[N+]([O-])c1ccc(OS(=O)(=O)c2ccccc2)c([N+](=O)[O-])c1[N+](=O)[O-]. The molecule has 13 heteroatoms. The average Bonchev–Trinajstić information content (AvgIpc) is 2.54. The molecule has 0 aromatic heterocycles. The Morgan fingerprint density at radius 3 is 1.80 bits per heavy atom. The van der Waals surface area contributed by atoms with Crippen molar-refractivity contribution < 1.29 is 27.4 Å². The molecule has 0 aliphatic carbocycles. The minimum absolute atomic E-state index is 0.356. The van der Waals surface area contributed by atoms with E-state index in [2.05, 4.69) is 4.18 Å². The maximum atomic E-state index is 12.1. The molecule has 130 valence electrons. The molecule has 0 spiro atoms. The first kappa shape index (κ1) is 17.7. The van der Waals surface area contributed by atoms with E-state index >= 15 is 0 Å². The number of nitro groups is 3. The number of benzene rings is 2. The van der Waals surface area contributed by atoms with Gasteiger partial charge in [0.25, 0.3) is 0 Å². The second-order valence-corrected chi connectivity index (χ2v) is 5.95. The number of hydrogen-bond donors (Lipinski definition) is 0. The Balaban J connectivity index is 2.67. The molecule has 2 rings (SSSR count). The van der Waals surface area contributed by atoms with Crippen LogP contribution in [0.2, 0.25) is 0 Å². The fraction of sp³-hybridized carbons (Fsp3) is 0. The fourth-order valence-electron chi connectivity index (χ4n) is 1.87. The Morgan fingerprint density at radius 2 is 1.32 bits per heavy atom. The first-order valence-electron chi connectivity index (χ1n) is 6.25. The molecule has 0 radical (unpaired) electrons. The Hall–Kier alpha value is -3.61. The first-order valence-corrected chi connectivity index (χ1v) is 7.65. The minimum Gasteiger partial charge on any atom is -0.371 e. The van der Waals surface area contributed by atoms with Crippen molar-refractivity contribution in [2.24, 2.45) is 0 Å². The summed E-state index contributed by atoms with van der Waals surface area (Å²) >= 11 is 0. The van der Waals surface area contributed by atoms with Crippen molar-refractivity contribution in [3.05, 3.63) is 72.8 Å². The highest BCUT2D eigenvalue weighted by Crippen LogP contribution is 2.43. The Kier molecular flexibility index (Phi) is 4.60. The van der Waals surface area contributed by atoms with Crippen LogP contribution in [0.4, 0.5) is 17.1 Å². The summed E-state index contributed by atoms with van der Waals surface area (Å²) in [7, 11) is -4.54. The molecule has 0 heterocycles. The molecule has 0 N–H and O–H groups in total. The summed E-state index contributed by atoms with van der Waals surface area (Å²) in [6.45, 7) is 0. The van der Waals surface area contributed by atoms with Gasteiger partial charge in [0, 0.05) is 6.07 Å². The Labute approximate surface area is 138 Å². The van der Waals surface area contributed by atoms with Crippen LogP contribution < -0.4 is 4.18 Å². The molecule has 0 bridgehead atoms. The topological polar surface area (TPSA) is 173 Å². The van der Waals surface area contributed by atoms with E-state index in [0.717, 1.165) is 12.1 Å². The van der Waals surface area contributed by atoms with E-state index in [-0.39, 0.29) is 4.90 Å². The van der Waals surface area contributed by atoms with Crippen molar-refractivity contribution in [1.82, 2.24) is 0 Å². The second-order valence-electron chi connectivity index (χ2n) is 4.40. The van der Waals surface area contributed by atoms with E-state index < -0.39 is 47.7 Å². The summed E-state index contributed by atoms with van der Waals surface area (Å²) in [5, 5.41) is 33.0. The van der Waals surface area contributed by atoms with Gasteiger partial charge in [-0.15, -0.1) is 0 Å². The van der Waals surface area contributed by atoms with E-state index in [1.807, 2.05) is 0 Å². The highest BCUT2D eigenvalue weighted by Gasteiger charge is 2.41. The van der Waals surface area contributed by atoms with Gasteiger partial charge in [-0.05, 0) is 18.2 Å². The van der Waals surface area contributed by atoms with E-state index in [4.69, 9.17) is 0 Å². The molecule has 0 unspecified atom stereocenters. The van der Waals surface area contributed by atoms with Gasteiger partial charge in [0.05, 0.1) is 14.8 Å². The number of nitrogens with zero attached hydrogens (tertiary/aromatic N) is 3. The normalized spacial score (nSPS) is 10.9. The third-order valence-electron chi connectivity index (χ3n) is 2.89. The lowest BCUT2D eigenvalue weighted by molar-refractivity contribution is -0.441.